The topological polar surface area (TPSA) is 86.6 Å². The van der Waals surface area contributed by atoms with E-state index < -0.39 is 6.10 Å². The van der Waals surface area contributed by atoms with Crippen molar-refractivity contribution < 1.29 is 23.8 Å². The summed E-state index contributed by atoms with van der Waals surface area (Å²) in [5, 5.41) is 13.4. The van der Waals surface area contributed by atoms with Gasteiger partial charge in [-0.1, -0.05) is 0 Å². The van der Waals surface area contributed by atoms with Crippen molar-refractivity contribution in [2.75, 3.05) is 52.5 Å². The van der Waals surface area contributed by atoms with Crippen LogP contribution in [-0.2, 0) is 9.53 Å². The first-order chi connectivity index (χ1) is 14.6. The van der Waals surface area contributed by atoms with Crippen molar-refractivity contribution >= 4 is 11.9 Å². The van der Waals surface area contributed by atoms with Gasteiger partial charge in [0.2, 0.25) is 0 Å². The Kier molecular flexibility index (Phi) is 8.27. The number of carbonyl (C=O) groups excluding carboxylic acids is 1. The molecule has 0 aliphatic carbocycles. The summed E-state index contributed by atoms with van der Waals surface area (Å²) in [6.45, 7) is 6.20. The Bertz CT molecular complexity index is 701. The van der Waals surface area contributed by atoms with E-state index in [9.17, 15) is 14.3 Å². The fourth-order valence-corrected chi connectivity index (χ4v) is 3.51. The molecule has 8 nitrogen and oxygen atoms in total. The second kappa shape index (κ2) is 11.1. The second-order valence-electron chi connectivity index (χ2n) is 7.43. The van der Waals surface area contributed by atoms with E-state index in [-0.39, 0.29) is 31.0 Å². The SMILES string of the molecule is CCNC(=NCC(O)COc1ccc(F)cc1)N1CCN(C(=O)C2CCCO2)CC1. The summed E-state index contributed by atoms with van der Waals surface area (Å²) >= 11 is 0. The van der Waals surface area contributed by atoms with Gasteiger partial charge in [-0.15, -0.1) is 0 Å². The molecule has 2 N–H and O–H groups in total. The molecular formula is C21H31FN4O4. The van der Waals surface area contributed by atoms with Crippen LogP contribution >= 0.6 is 0 Å². The van der Waals surface area contributed by atoms with Crippen molar-refractivity contribution in [2.24, 2.45) is 4.99 Å². The highest BCUT2D eigenvalue weighted by atomic mass is 19.1. The maximum absolute atomic E-state index is 12.9. The van der Waals surface area contributed by atoms with Crippen LogP contribution in [0.2, 0.25) is 0 Å². The van der Waals surface area contributed by atoms with Gasteiger partial charge in [0.05, 0.1) is 6.54 Å². The largest absolute Gasteiger partial charge is 0.491 e. The van der Waals surface area contributed by atoms with Crippen LogP contribution in [0, 0.1) is 5.82 Å². The normalized spacial score (nSPS) is 20.9. The number of piperazine rings is 1. The van der Waals surface area contributed by atoms with E-state index in [2.05, 4.69) is 15.2 Å². The fourth-order valence-electron chi connectivity index (χ4n) is 3.51. The van der Waals surface area contributed by atoms with Crippen LogP contribution in [0.25, 0.3) is 0 Å². The Morgan fingerprint density at radius 2 is 2.00 bits per heavy atom. The maximum atomic E-state index is 12.9. The standard InChI is InChI=1S/C21H31FN4O4/c1-2-23-21(24-14-17(27)15-30-18-7-5-16(22)6-8-18)26-11-9-25(10-12-26)20(28)19-4-3-13-29-19/h5-8,17,19,27H,2-4,9-15H2,1H3,(H,23,24). The van der Waals surface area contributed by atoms with Crippen molar-refractivity contribution in [3.8, 4) is 5.75 Å². The lowest BCUT2D eigenvalue weighted by atomic mass is 10.2. The predicted molar refractivity (Wildman–Crippen MR) is 111 cm³/mol. The molecule has 30 heavy (non-hydrogen) atoms. The van der Waals surface area contributed by atoms with Crippen molar-refractivity contribution in [1.29, 1.82) is 0 Å². The third kappa shape index (κ3) is 6.30. The van der Waals surface area contributed by atoms with Gasteiger partial charge in [0.1, 0.15) is 30.4 Å². The highest BCUT2D eigenvalue weighted by Gasteiger charge is 2.30. The van der Waals surface area contributed by atoms with E-state index in [4.69, 9.17) is 9.47 Å². The minimum absolute atomic E-state index is 0.0677. The molecule has 2 saturated heterocycles. The van der Waals surface area contributed by atoms with Gasteiger partial charge < -0.3 is 29.7 Å². The lowest BCUT2D eigenvalue weighted by molar-refractivity contribution is -0.142. The Morgan fingerprint density at radius 3 is 2.63 bits per heavy atom. The summed E-state index contributed by atoms with van der Waals surface area (Å²) in [5.74, 6) is 0.962. The molecule has 2 atom stereocenters. The molecule has 1 aromatic carbocycles. The summed E-state index contributed by atoms with van der Waals surface area (Å²) < 4.78 is 23.9. The molecule has 1 amide bonds. The first-order valence-electron chi connectivity index (χ1n) is 10.6. The Morgan fingerprint density at radius 1 is 1.30 bits per heavy atom. The number of halogens is 1. The molecular weight excluding hydrogens is 391 g/mol. The lowest BCUT2D eigenvalue weighted by Crippen LogP contribution is -2.55. The van der Waals surface area contributed by atoms with Crippen LogP contribution in [0.3, 0.4) is 0 Å². The van der Waals surface area contributed by atoms with Crippen molar-refractivity contribution in [3.05, 3.63) is 30.1 Å². The van der Waals surface area contributed by atoms with Gasteiger partial charge in [-0.05, 0) is 44.0 Å². The van der Waals surface area contributed by atoms with Gasteiger partial charge in [-0.25, -0.2) is 4.39 Å². The van der Waals surface area contributed by atoms with Crippen LogP contribution in [0.5, 0.6) is 5.75 Å². The number of benzene rings is 1. The van der Waals surface area contributed by atoms with Crippen molar-refractivity contribution in [3.63, 3.8) is 0 Å². The smallest absolute Gasteiger partial charge is 0.251 e. The summed E-state index contributed by atoms with van der Waals surface area (Å²) in [5.41, 5.74) is 0. The fraction of sp³-hybridized carbons (Fsp3) is 0.619. The van der Waals surface area contributed by atoms with E-state index in [1.54, 1.807) is 0 Å². The van der Waals surface area contributed by atoms with Crippen LogP contribution < -0.4 is 10.1 Å². The molecule has 9 heteroatoms. The molecule has 2 aliphatic rings. The van der Waals surface area contributed by atoms with Crippen LogP contribution in [0.1, 0.15) is 19.8 Å². The van der Waals surface area contributed by atoms with Gasteiger partial charge >= 0.3 is 0 Å². The number of amides is 1. The predicted octanol–water partition coefficient (Wildman–Crippen LogP) is 0.854. The molecule has 0 radical (unpaired) electrons. The number of ether oxygens (including phenoxy) is 2. The Balaban J connectivity index is 1.46. The first-order valence-corrected chi connectivity index (χ1v) is 10.6. The van der Waals surface area contributed by atoms with E-state index in [1.807, 2.05) is 11.8 Å². The van der Waals surface area contributed by atoms with Crippen molar-refractivity contribution in [2.45, 2.75) is 32.0 Å². The number of aliphatic hydroxyl groups excluding tert-OH is 1. The Labute approximate surface area is 176 Å². The molecule has 1 aromatic rings. The van der Waals surface area contributed by atoms with Crippen LogP contribution in [0.15, 0.2) is 29.3 Å². The van der Waals surface area contributed by atoms with Gasteiger partial charge in [0.15, 0.2) is 5.96 Å². The quantitative estimate of drug-likeness (QED) is 0.501. The third-order valence-electron chi connectivity index (χ3n) is 5.14. The van der Waals surface area contributed by atoms with Crippen LogP contribution in [-0.4, -0.2) is 91.5 Å². The lowest BCUT2D eigenvalue weighted by Gasteiger charge is -2.37. The number of nitrogens with zero attached hydrogens (tertiary/aromatic N) is 3. The van der Waals surface area contributed by atoms with E-state index in [0.717, 1.165) is 12.8 Å². The number of carbonyl (C=O) groups is 1. The van der Waals surface area contributed by atoms with Crippen LogP contribution in [0.4, 0.5) is 4.39 Å². The number of aliphatic imine (C=N–C) groups is 1. The third-order valence-corrected chi connectivity index (χ3v) is 5.14. The maximum Gasteiger partial charge on any atom is 0.251 e. The summed E-state index contributed by atoms with van der Waals surface area (Å²) in [6.07, 6.45) is 0.683. The summed E-state index contributed by atoms with van der Waals surface area (Å²) in [4.78, 5) is 21.0. The highest BCUT2D eigenvalue weighted by Crippen LogP contribution is 2.16. The van der Waals surface area contributed by atoms with Gasteiger partial charge in [-0.2, -0.15) is 0 Å². The minimum atomic E-state index is -0.786. The molecule has 0 bridgehead atoms. The molecule has 2 fully saturated rings. The molecule has 166 valence electrons. The molecule has 0 spiro atoms. The first kappa shape index (κ1) is 22.3. The number of nitrogens with one attached hydrogen (secondary N) is 1. The monoisotopic (exact) mass is 422 g/mol. The van der Waals surface area contributed by atoms with Gasteiger partial charge in [0, 0.05) is 39.3 Å². The zero-order valence-electron chi connectivity index (χ0n) is 17.4. The van der Waals surface area contributed by atoms with E-state index >= 15 is 0 Å². The molecule has 2 heterocycles. The average Bonchev–Trinajstić information content (AvgIpc) is 3.31. The molecule has 2 unspecified atom stereocenters. The number of hydrogen-bond donors (Lipinski definition) is 2. The van der Waals surface area contributed by atoms with Gasteiger partial charge in [0.25, 0.3) is 5.91 Å². The van der Waals surface area contributed by atoms with E-state index in [0.29, 0.717) is 51.0 Å². The minimum Gasteiger partial charge on any atom is -0.491 e. The number of rotatable bonds is 7. The Hall–Kier alpha value is -2.39. The number of aliphatic hydroxyl groups is 1. The highest BCUT2D eigenvalue weighted by molar-refractivity contribution is 5.82. The van der Waals surface area contributed by atoms with Crippen molar-refractivity contribution in [1.82, 2.24) is 15.1 Å². The molecule has 0 aromatic heterocycles. The molecule has 0 saturated carbocycles. The van der Waals surface area contributed by atoms with Gasteiger partial charge in [-0.3, -0.25) is 9.79 Å². The zero-order chi connectivity index (χ0) is 21.3. The zero-order valence-corrected chi connectivity index (χ0v) is 17.4. The van der Waals surface area contributed by atoms with E-state index in [1.165, 1.54) is 24.3 Å². The second-order valence-corrected chi connectivity index (χ2v) is 7.43. The number of hydrogen-bond acceptors (Lipinski definition) is 5. The number of guanidine groups is 1. The molecule has 3 rings (SSSR count). The summed E-state index contributed by atoms with van der Waals surface area (Å²) in [7, 11) is 0. The summed E-state index contributed by atoms with van der Waals surface area (Å²) in [6, 6.07) is 5.66. The average molecular weight is 423 g/mol. The molecule has 2 aliphatic heterocycles.